The first-order valence-corrected chi connectivity index (χ1v) is 7.90. The molecule has 92 valence electrons. The lowest BCUT2D eigenvalue weighted by molar-refractivity contribution is 0.681. The largest absolute Gasteiger partial charge is 0.225 e. The number of thioether (sulfide) groups is 2. The van der Waals surface area contributed by atoms with Crippen LogP contribution in [0.2, 0.25) is 0 Å². The summed E-state index contributed by atoms with van der Waals surface area (Å²) >= 11 is 21.2. The molecule has 1 saturated heterocycles. The van der Waals surface area contributed by atoms with Crippen molar-refractivity contribution in [3.8, 4) is 0 Å². The molecule has 0 atom stereocenters. The van der Waals surface area contributed by atoms with Crippen molar-refractivity contribution in [1.82, 2.24) is 0 Å². The molecule has 1 fully saturated rings. The van der Waals surface area contributed by atoms with Gasteiger partial charge in [0.15, 0.2) is 0 Å². The maximum Gasteiger partial charge on any atom is 0.225 e. The molecule has 0 aromatic carbocycles. The first kappa shape index (κ1) is 16.0. The third-order valence-corrected chi connectivity index (χ3v) is 5.27. The quantitative estimate of drug-likeness (QED) is 0.574. The SMILES string of the molecule is S=C=NC1(N=C=S)CSC(N=C=S)(N=C=S)CS1. The molecule has 18 heavy (non-hydrogen) atoms. The van der Waals surface area contributed by atoms with Gasteiger partial charge in [-0.1, -0.05) is 0 Å². The zero-order valence-electron chi connectivity index (χ0n) is 8.65. The molecule has 0 spiro atoms. The number of hydrogen-bond acceptors (Lipinski definition) is 10. The molecule has 0 saturated carbocycles. The van der Waals surface area contributed by atoms with E-state index in [4.69, 9.17) is 0 Å². The second kappa shape index (κ2) is 7.48. The third kappa shape index (κ3) is 3.95. The van der Waals surface area contributed by atoms with Crippen molar-refractivity contribution in [2.24, 2.45) is 20.0 Å². The van der Waals surface area contributed by atoms with Gasteiger partial charge in [-0.25, -0.2) is 0 Å². The fraction of sp³-hybridized carbons (Fsp3) is 0.500. The van der Waals surface area contributed by atoms with E-state index in [1.54, 1.807) is 0 Å². The molecule has 0 radical (unpaired) electrons. The summed E-state index contributed by atoms with van der Waals surface area (Å²) in [5, 5.41) is 9.26. The highest BCUT2D eigenvalue weighted by atomic mass is 32.2. The predicted molar refractivity (Wildman–Crippen MR) is 90.5 cm³/mol. The van der Waals surface area contributed by atoms with Crippen LogP contribution in [0.3, 0.4) is 0 Å². The van der Waals surface area contributed by atoms with Crippen molar-refractivity contribution in [1.29, 1.82) is 0 Å². The summed E-state index contributed by atoms with van der Waals surface area (Å²) in [5.41, 5.74) is 0. The summed E-state index contributed by atoms with van der Waals surface area (Å²) < 4.78 is 0. The maximum atomic E-state index is 4.61. The number of isothiocyanates is 4. The number of hydrogen-bond donors (Lipinski definition) is 0. The number of nitrogens with zero attached hydrogens (tertiary/aromatic N) is 4. The fourth-order valence-corrected chi connectivity index (χ4v) is 4.49. The average Bonchev–Trinajstić information content (AvgIpc) is 2.35. The molecule has 1 aliphatic rings. The Balaban J connectivity index is 3.04. The maximum absolute atomic E-state index is 4.61. The van der Waals surface area contributed by atoms with E-state index in [9.17, 15) is 0 Å². The minimum absolute atomic E-state index is 0.450. The number of rotatable bonds is 4. The molecule has 1 aliphatic heterocycles. The summed E-state index contributed by atoms with van der Waals surface area (Å²) in [6.45, 7) is 0. The summed E-state index contributed by atoms with van der Waals surface area (Å²) in [5.74, 6) is 0.901. The Hall–Kier alpha value is -0.100. The molecule has 0 N–H and O–H groups in total. The Labute approximate surface area is 134 Å². The molecule has 4 nitrogen and oxygen atoms in total. The molecule has 0 aromatic rings. The van der Waals surface area contributed by atoms with Gasteiger partial charge in [-0.3, -0.25) is 0 Å². The monoisotopic (exact) mass is 348 g/mol. The van der Waals surface area contributed by atoms with Gasteiger partial charge < -0.3 is 0 Å². The predicted octanol–water partition coefficient (Wildman–Crippen LogP) is 3.19. The number of thiocarbonyl (C=S) groups is 4. The van der Waals surface area contributed by atoms with Crippen molar-refractivity contribution in [2.45, 2.75) is 9.99 Å². The van der Waals surface area contributed by atoms with E-state index in [0.29, 0.717) is 11.5 Å². The molecule has 10 heteroatoms. The number of aliphatic imine (C=N–C) groups is 4. The summed E-state index contributed by atoms with van der Waals surface area (Å²) in [4.78, 5) is 14.5. The molecule has 1 rings (SSSR count). The van der Waals surface area contributed by atoms with Crippen LogP contribution < -0.4 is 0 Å². The first-order chi connectivity index (χ1) is 8.66. The van der Waals surface area contributed by atoms with Crippen LogP contribution in [-0.4, -0.2) is 42.1 Å². The normalized spacial score (nSPS) is 29.8. The van der Waals surface area contributed by atoms with Gasteiger partial charge in [-0.2, -0.15) is 20.0 Å². The molecule has 0 amide bonds. The fourth-order valence-electron chi connectivity index (χ4n) is 1.10. The second-order valence-corrected chi connectivity index (χ2v) is 6.07. The zero-order valence-corrected chi connectivity index (χ0v) is 13.6. The van der Waals surface area contributed by atoms with Crippen LogP contribution >= 0.6 is 72.4 Å². The summed E-state index contributed by atoms with van der Waals surface area (Å²) in [6, 6.07) is 0. The second-order valence-electron chi connectivity index (χ2n) is 2.88. The molecular weight excluding hydrogens is 345 g/mol. The van der Waals surface area contributed by atoms with E-state index in [1.165, 1.54) is 23.5 Å². The van der Waals surface area contributed by atoms with E-state index in [1.807, 2.05) is 0 Å². The topological polar surface area (TPSA) is 49.4 Å². The van der Waals surface area contributed by atoms with Crippen molar-refractivity contribution < 1.29 is 0 Å². The van der Waals surface area contributed by atoms with Gasteiger partial charge in [0.2, 0.25) is 9.99 Å². The zero-order chi connectivity index (χ0) is 13.5. The summed E-state index contributed by atoms with van der Waals surface area (Å²) in [7, 11) is 0. The molecular formula is C8H4N4S6. The molecule has 0 aromatic heterocycles. The van der Waals surface area contributed by atoms with E-state index in [0.717, 1.165) is 0 Å². The van der Waals surface area contributed by atoms with Crippen LogP contribution in [0, 0.1) is 0 Å². The Bertz CT molecular complexity index is 424. The van der Waals surface area contributed by atoms with Gasteiger partial charge in [0.05, 0.1) is 32.2 Å². The van der Waals surface area contributed by atoms with Crippen LogP contribution in [0.15, 0.2) is 20.0 Å². The molecule has 0 unspecified atom stereocenters. The lowest BCUT2D eigenvalue weighted by Gasteiger charge is -2.34. The van der Waals surface area contributed by atoms with Gasteiger partial charge in [-0.15, -0.1) is 23.5 Å². The third-order valence-electron chi connectivity index (χ3n) is 1.86. The lowest BCUT2D eigenvalue weighted by atomic mass is 10.5. The Morgan fingerprint density at radius 3 is 1.11 bits per heavy atom. The van der Waals surface area contributed by atoms with E-state index >= 15 is 0 Å². The van der Waals surface area contributed by atoms with Gasteiger partial charge in [-0.05, 0) is 48.9 Å². The molecule has 0 aliphatic carbocycles. The van der Waals surface area contributed by atoms with E-state index < -0.39 is 9.99 Å². The van der Waals surface area contributed by atoms with Crippen LogP contribution in [0.25, 0.3) is 0 Å². The first-order valence-electron chi connectivity index (χ1n) is 4.30. The highest BCUT2D eigenvalue weighted by Crippen LogP contribution is 2.47. The van der Waals surface area contributed by atoms with Crippen LogP contribution in [0.4, 0.5) is 0 Å². The Morgan fingerprint density at radius 2 is 0.944 bits per heavy atom. The minimum Gasteiger partial charge on any atom is -0.189 e. The lowest BCUT2D eigenvalue weighted by Crippen LogP contribution is -2.37. The van der Waals surface area contributed by atoms with Gasteiger partial charge >= 0.3 is 0 Å². The van der Waals surface area contributed by atoms with Gasteiger partial charge in [0.1, 0.15) is 0 Å². The van der Waals surface area contributed by atoms with Crippen molar-refractivity contribution in [3.63, 3.8) is 0 Å². The standard InChI is InChI=1S/C8H4N4S6/c13-3-9-7(10-4-14)1-17-8(2-18-7,11-5-15)12-6-16/h1-2H2. The van der Waals surface area contributed by atoms with Crippen molar-refractivity contribution in [3.05, 3.63) is 0 Å². The molecule has 0 bridgehead atoms. The van der Waals surface area contributed by atoms with Crippen molar-refractivity contribution >= 4 is 93.0 Å². The highest BCUT2D eigenvalue weighted by Gasteiger charge is 2.44. The minimum atomic E-state index is -0.814. The molecule has 1 heterocycles. The van der Waals surface area contributed by atoms with E-state index in [-0.39, 0.29) is 0 Å². The Kier molecular flexibility index (Phi) is 6.63. The van der Waals surface area contributed by atoms with Crippen molar-refractivity contribution in [2.75, 3.05) is 11.5 Å². The average molecular weight is 349 g/mol. The van der Waals surface area contributed by atoms with E-state index in [2.05, 4.69) is 89.5 Å². The van der Waals surface area contributed by atoms with Crippen LogP contribution in [0.5, 0.6) is 0 Å². The Morgan fingerprint density at radius 1 is 0.667 bits per heavy atom. The van der Waals surface area contributed by atoms with Gasteiger partial charge in [0, 0.05) is 0 Å². The van der Waals surface area contributed by atoms with Crippen LogP contribution in [-0.2, 0) is 0 Å². The van der Waals surface area contributed by atoms with Gasteiger partial charge in [0.25, 0.3) is 0 Å². The van der Waals surface area contributed by atoms with Crippen LogP contribution in [0.1, 0.15) is 0 Å². The smallest absolute Gasteiger partial charge is 0.189 e. The highest BCUT2D eigenvalue weighted by molar-refractivity contribution is 8.08. The summed E-state index contributed by atoms with van der Waals surface area (Å²) in [6.07, 6.45) is 0.